The molecule has 0 atom stereocenters. The maximum absolute atomic E-state index is 5.15. The number of rotatable bonds is 11. The maximum Gasteiger partial charge on any atom is 0.0589 e. The first-order chi connectivity index (χ1) is 8.05. The van der Waals surface area contributed by atoms with E-state index in [4.69, 9.17) is 9.47 Å². The molecule has 0 aliphatic rings. The van der Waals surface area contributed by atoms with Gasteiger partial charge in [-0.15, -0.1) is 0 Å². The van der Waals surface area contributed by atoms with Gasteiger partial charge in [0.25, 0.3) is 0 Å². The summed E-state index contributed by atoms with van der Waals surface area (Å²) in [6, 6.07) is 0. The van der Waals surface area contributed by atoms with Crippen LogP contribution in [0.3, 0.4) is 0 Å². The summed E-state index contributed by atoms with van der Waals surface area (Å²) in [7, 11) is 3.50. The second-order valence-electron chi connectivity index (χ2n) is 5.21. The van der Waals surface area contributed by atoms with Crippen LogP contribution in [0.2, 0.25) is 0 Å². The van der Waals surface area contributed by atoms with Crippen molar-refractivity contribution < 1.29 is 9.47 Å². The fourth-order valence-corrected chi connectivity index (χ4v) is 1.84. The second-order valence-corrected chi connectivity index (χ2v) is 5.21. The van der Waals surface area contributed by atoms with Gasteiger partial charge in [0, 0.05) is 40.4 Å². The lowest BCUT2D eigenvalue weighted by Gasteiger charge is -2.32. The van der Waals surface area contributed by atoms with Crippen molar-refractivity contribution in [3.05, 3.63) is 0 Å². The predicted molar refractivity (Wildman–Crippen MR) is 72.5 cm³/mol. The zero-order chi connectivity index (χ0) is 13.1. The molecule has 0 fully saturated rings. The molecule has 0 aromatic rings. The molecule has 0 heterocycles. The van der Waals surface area contributed by atoms with Crippen LogP contribution in [0.5, 0.6) is 0 Å². The number of methoxy groups -OCH3 is 2. The highest BCUT2D eigenvalue weighted by Crippen LogP contribution is 2.15. The third-order valence-electron chi connectivity index (χ3n) is 2.73. The second kappa shape index (κ2) is 9.83. The Balaban J connectivity index is 4.08. The summed E-state index contributed by atoms with van der Waals surface area (Å²) in [4.78, 5) is 2.41. The molecule has 0 aliphatic heterocycles. The van der Waals surface area contributed by atoms with Gasteiger partial charge in [0.15, 0.2) is 0 Å². The van der Waals surface area contributed by atoms with Crippen molar-refractivity contribution in [1.29, 1.82) is 0 Å². The minimum atomic E-state index is 0.275. The highest BCUT2D eigenvalue weighted by molar-refractivity contribution is 4.76. The van der Waals surface area contributed by atoms with Gasteiger partial charge in [0.2, 0.25) is 0 Å². The van der Waals surface area contributed by atoms with Gasteiger partial charge >= 0.3 is 0 Å². The van der Waals surface area contributed by atoms with E-state index < -0.39 is 0 Å². The molecule has 0 aromatic heterocycles. The lowest BCUT2D eigenvalue weighted by Crippen LogP contribution is -2.42. The predicted octanol–water partition coefficient (Wildman–Crippen LogP) is 1.22. The van der Waals surface area contributed by atoms with Gasteiger partial charge in [0.1, 0.15) is 0 Å². The van der Waals surface area contributed by atoms with E-state index in [1.165, 1.54) is 0 Å². The van der Waals surface area contributed by atoms with E-state index in [0.29, 0.717) is 0 Å². The van der Waals surface area contributed by atoms with Crippen molar-refractivity contribution in [2.45, 2.75) is 20.8 Å². The number of nitrogens with zero attached hydrogens (tertiary/aromatic N) is 1. The first kappa shape index (κ1) is 16.8. The summed E-state index contributed by atoms with van der Waals surface area (Å²) in [5.41, 5.74) is 0.275. The highest BCUT2D eigenvalue weighted by atomic mass is 16.5. The molecule has 17 heavy (non-hydrogen) atoms. The van der Waals surface area contributed by atoms with Crippen LogP contribution in [0.1, 0.15) is 20.8 Å². The Morgan fingerprint density at radius 2 is 1.59 bits per heavy atom. The van der Waals surface area contributed by atoms with Gasteiger partial charge in [-0.25, -0.2) is 0 Å². The Morgan fingerprint density at radius 1 is 1.06 bits per heavy atom. The Morgan fingerprint density at radius 3 is 2.00 bits per heavy atom. The summed E-state index contributed by atoms with van der Waals surface area (Å²) in [5, 5.41) is 3.42. The van der Waals surface area contributed by atoms with Crippen molar-refractivity contribution in [3.63, 3.8) is 0 Å². The molecule has 0 aromatic carbocycles. The van der Waals surface area contributed by atoms with Crippen LogP contribution in [0.25, 0.3) is 0 Å². The molecule has 1 N–H and O–H groups in total. The zero-order valence-corrected chi connectivity index (χ0v) is 12.2. The largest absolute Gasteiger partial charge is 0.383 e. The quantitative estimate of drug-likeness (QED) is 0.594. The molecule has 0 bridgehead atoms. The van der Waals surface area contributed by atoms with E-state index in [1.54, 1.807) is 14.2 Å². The van der Waals surface area contributed by atoms with E-state index in [-0.39, 0.29) is 5.41 Å². The number of ether oxygens (including phenoxy) is 2. The van der Waals surface area contributed by atoms with Crippen molar-refractivity contribution in [2.75, 3.05) is 60.2 Å². The molecule has 0 rings (SSSR count). The van der Waals surface area contributed by atoms with Crippen molar-refractivity contribution >= 4 is 0 Å². The molecule has 104 valence electrons. The molecule has 0 radical (unpaired) electrons. The Hall–Kier alpha value is -0.160. The van der Waals surface area contributed by atoms with Gasteiger partial charge in [-0.2, -0.15) is 0 Å². The lowest BCUT2D eigenvalue weighted by atomic mass is 9.92. The van der Waals surface area contributed by atoms with Crippen LogP contribution in [-0.4, -0.2) is 65.1 Å². The van der Waals surface area contributed by atoms with Crippen molar-refractivity contribution in [2.24, 2.45) is 5.41 Å². The van der Waals surface area contributed by atoms with E-state index in [0.717, 1.165) is 45.9 Å². The van der Waals surface area contributed by atoms with Crippen LogP contribution in [0.15, 0.2) is 0 Å². The maximum atomic E-state index is 5.15. The van der Waals surface area contributed by atoms with E-state index in [2.05, 4.69) is 31.0 Å². The third kappa shape index (κ3) is 9.53. The van der Waals surface area contributed by atoms with E-state index in [1.807, 2.05) is 0 Å². The third-order valence-corrected chi connectivity index (χ3v) is 2.73. The van der Waals surface area contributed by atoms with Crippen molar-refractivity contribution in [3.8, 4) is 0 Å². The van der Waals surface area contributed by atoms with Crippen LogP contribution in [0, 0.1) is 5.41 Å². The van der Waals surface area contributed by atoms with Gasteiger partial charge in [-0.1, -0.05) is 20.8 Å². The topological polar surface area (TPSA) is 33.7 Å². The average Bonchev–Trinajstić information content (AvgIpc) is 2.30. The molecular formula is C13H30N2O2. The zero-order valence-electron chi connectivity index (χ0n) is 12.2. The van der Waals surface area contributed by atoms with Gasteiger partial charge in [-0.05, 0) is 12.0 Å². The molecule has 0 unspecified atom stereocenters. The monoisotopic (exact) mass is 246 g/mol. The van der Waals surface area contributed by atoms with Gasteiger partial charge < -0.3 is 14.8 Å². The molecule has 4 heteroatoms. The van der Waals surface area contributed by atoms with Gasteiger partial charge in [0.05, 0.1) is 13.2 Å². The minimum absolute atomic E-state index is 0.275. The molecular weight excluding hydrogens is 216 g/mol. The van der Waals surface area contributed by atoms with Crippen LogP contribution < -0.4 is 5.32 Å². The normalized spacial score (nSPS) is 12.4. The summed E-state index contributed by atoms with van der Waals surface area (Å²) >= 11 is 0. The number of nitrogens with one attached hydrogen (secondary N) is 1. The van der Waals surface area contributed by atoms with Crippen molar-refractivity contribution in [1.82, 2.24) is 10.2 Å². The molecule has 4 nitrogen and oxygen atoms in total. The number of hydrogen-bond donors (Lipinski definition) is 1. The minimum Gasteiger partial charge on any atom is -0.383 e. The Labute approximate surface area is 107 Å². The molecule has 0 amide bonds. The lowest BCUT2D eigenvalue weighted by molar-refractivity contribution is 0.0885. The summed E-state index contributed by atoms with van der Waals surface area (Å²) in [6.07, 6.45) is 0. The highest BCUT2D eigenvalue weighted by Gasteiger charge is 2.21. The number of hydrogen-bond acceptors (Lipinski definition) is 4. The molecule has 0 saturated carbocycles. The van der Waals surface area contributed by atoms with Crippen LogP contribution in [-0.2, 0) is 9.47 Å². The smallest absolute Gasteiger partial charge is 0.0589 e. The van der Waals surface area contributed by atoms with E-state index in [9.17, 15) is 0 Å². The fraction of sp³-hybridized carbons (Fsp3) is 1.00. The average molecular weight is 246 g/mol. The fourth-order valence-electron chi connectivity index (χ4n) is 1.84. The standard InChI is InChI=1S/C13H30N2O2/c1-6-14-11-13(2,3)12-15(7-9-16-4)8-10-17-5/h14H,6-12H2,1-5H3. The SMILES string of the molecule is CCNCC(C)(C)CN(CCOC)CCOC. The van der Waals surface area contributed by atoms with Crippen LogP contribution >= 0.6 is 0 Å². The first-order valence-corrected chi connectivity index (χ1v) is 6.46. The Bertz CT molecular complexity index is 167. The molecule has 0 aliphatic carbocycles. The molecule has 0 saturated heterocycles. The Kier molecular flexibility index (Phi) is 9.74. The summed E-state index contributed by atoms with van der Waals surface area (Å²) in [6.45, 7) is 13.4. The van der Waals surface area contributed by atoms with Gasteiger partial charge in [-0.3, -0.25) is 4.90 Å². The van der Waals surface area contributed by atoms with Crippen LogP contribution in [0.4, 0.5) is 0 Å². The molecule has 0 spiro atoms. The summed E-state index contributed by atoms with van der Waals surface area (Å²) < 4.78 is 10.3. The first-order valence-electron chi connectivity index (χ1n) is 6.46. The summed E-state index contributed by atoms with van der Waals surface area (Å²) in [5.74, 6) is 0. The van der Waals surface area contributed by atoms with E-state index >= 15 is 0 Å².